The van der Waals surface area contributed by atoms with E-state index in [2.05, 4.69) is 4.98 Å². The normalized spacial score (nSPS) is 24.7. The molecule has 0 spiro atoms. The summed E-state index contributed by atoms with van der Waals surface area (Å²) in [6, 6.07) is 1.26. The smallest absolute Gasteiger partial charge is 0.300 e. The zero-order valence-corrected chi connectivity index (χ0v) is 10.7. The van der Waals surface area contributed by atoms with Crippen LogP contribution in [0.15, 0.2) is 12.3 Å². The van der Waals surface area contributed by atoms with Gasteiger partial charge in [0, 0.05) is 13.1 Å². The molecule has 2 atom stereocenters. The van der Waals surface area contributed by atoms with Crippen molar-refractivity contribution in [3.8, 4) is 0 Å². The Kier molecular flexibility index (Phi) is 3.01. The fourth-order valence-corrected chi connectivity index (χ4v) is 2.73. The molecule has 20 heavy (non-hydrogen) atoms. The van der Waals surface area contributed by atoms with Gasteiger partial charge in [0.1, 0.15) is 17.6 Å². The molecule has 3 heterocycles. The zero-order valence-electron chi connectivity index (χ0n) is 10.7. The summed E-state index contributed by atoms with van der Waals surface area (Å²) in [5.74, 6) is -0.291. The predicted molar refractivity (Wildman–Crippen MR) is 69.1 cm³/mol. The van der Waals surface area contributed by atoms with Gasteiger partial charge in [-0.2, -0.15) is 0 Å². The summed E-state index contributed by atoms with van der Waals surface area (Å²) in [5.41, 5.74) is 5.21. The second-order valence-electron chi connectivity index (χ2n) is 5.05. The van der Waals surface area contributed by atoms with E-state index in [-0.39, 0.29) is 35.2 Å². The van der Waals surface area contributed by atoms with Crippen LogP contribution in [0.2, 0.25) is 0 Å². The van der Waals surface area contributed by atoms with Crippen LogP contribution in [-0.4, -0.2) is 46.0 Å². The topological polar surface area (TPSA) is 112 Å². The first-order chi connectivity index (χ1) is 9.54. The molecule has 1 amide bonds. The number of pyridine rings is 1. The minimum atomic E-state index is -0.616. The number of nitro groups is 1. The summed E-state index contributed by atoms with van der Waals surface area (Å²) in [4.78, 5) is 28.1. The van der Waals surface area contributed by atoms with Gasteiger partial charge in [-0.25, -0.2) is 4.98 Å². The molecule has 2 aliphatic heterocycles. The maximum atomic E-state index is 12.5. The van der Waals surface area contributed by atoms with Crippen LogP contribution in [0, 0.1) is 10.1 Å². The maximum Gasteiger partial charge on any atom is 0.300 e. The first-order valence-corrected chi connectivity index (χ1v) is 6.39. The summed E-state index contributed by atoms with van der Waals surface area (Å²) in [5, 5.41) is 11.0. The number of ether oxygens (including phenoxy) is 1. The lowest BCUT2D eigenvalue weighted by atomic mass is 10.1. The molecule has 8 nitrogen and oxygen atoms in total. The van der Waals surface area contributed by atoms with Crippen molar-refractivity contribution in [2.75, 3.05) is 18.8 Å². The molecule has 2 bridgehead atoms. The molecule has 3 rings (SSSR count). The molecule has 2 saturated heterocycles. The van der Waals surface area contributed by atoms with E-state index < -0.39 is 4.92 Å². The third-order valence-electron chi connectivity index (χ3n) is 3.66. The van der Waals surface area contributed by atoms with E-state index in [1.807, 2.05) is 0 Å². The standard InChI is InChI=1S/C12H14N4O4/c13-11-3-9(10(4-14-11)16(18)19)12(17)15-5-7-1-2-8(6-15)20-7/h3-4,7-8H,1-2,5-6H2,(H2,13,14). The Balaban J connectivity index is 1.90. The van der Waals surface area contributed by atoms with Crippen LogP contribution in [0.4, 0.5) is 11.5 Å². The van der Waals surface area contributed by atoms with Gasteiger partial charge >= 0.3 is 0 Å². The Bertz CT molecular complexity index is 565. The molecule has 2 N–H and O–H groups in total. The van der Waals surface area contributed by atoms with Gasteiger partial charge in [-0.3, -0.25) is 14.9 Å². The summed E-state index contributed by atoms with van der Waals surface area (Å²) in [6.45, 7) is 0.934. The van der Waals surface area contributed by atoms with E-state index in [1.165, 1.54) is 6.07 Å². The number of morpholine rings is 1. The molecule has 0 aromatic carbocycles. The van der Waals surface area contributed by atoms with E-state index in [1.54, 1.807) is 4.90 Å². The molecule has 106 valence electrons. The first kappa shape index (κ1) is 12.8. The molecule has 1 aromatic heterocycles. The number of nitrogens with zero attached hydrogens (tertiary/aromatic N) is 3. The van der Waals surface area contributed by atoms with E-state index in [0.717, 1.165) is 19.0 Å². The van der Waals surface area contributed by atoms with Crippen LogP contribution in [0.1, 0.15) is 23.2 Å². The molecule has 1 aromatic rings. The Morgan fingerprint density at radius 1 is 1.45 bits per heavy atom. The minimum Gasteiger partial charge on any atom is -0.384 e. The molecule has 0 aliphatic carbocycles. The lowest BCUT2D eigenvalue weighted by molar-refractivity contribution is -0.385. The summed E-state index contributed by atoms with van der Waals surface area (Å²) in [6.07, 6.45) is 2.95. The van der Waals surface area contributed by atoms with Gasteiger partial charge in [0.2, 0.25) is 0 Å². The average Bonchev–Trinajstić information content (AvgIpc) is 2.76. The van der Waals surface area contributed by atoms with E-state index in [0.29, 0.717) is 13.1 Å². The second-order valence-corrected chi connectivity index (χ2v) is 5.05. The molecular formula is C12H14N4O4. The Hall–Kier alpha value is -2.22. The zero-order chi connectivity index (χ0) is 14.3. The average molecular weight is 278 g/mol. The highest BCUT2D eigenvalue weighted by molar-refractivity contribution is 5.98. The van der Waals surface area contributed by atoms with Crippen molar-refractivity contribution in [2.24, 2.45) is 0 Å². The van der Waals surface area contributed by atoms with Gasteiger partial charge in [0.05, 0.1) is 17.1 Å². The van der Waals surface area contributed by atoms with Crippen LogP contribution in [-0.2, 0) is 4.74 Å². The van der Waals surface area contributed by atoms with Crippen molar-refractivity contribution in [3.05, 3.63) is 27.9 Å². The first-order valence-electron chi connectivity index (χ1n) is 6.39. The molecule has 0 saturated carbocycles. The number of amides is 1. The summed E-state index contributed by atoms with van der Waals surface area (Å²) in [7, 11) is 0. The van der Waals surface area contributed by atoms with Gasteiger partial charge in [0.25, 0.3) is 11.6 Å². The van der Waals surface area contributed by atoms with E-state index in [9.17, 15) is 14.9 Å². The predicted octanol–water partition coefficient (Wildman–Crippen LogP) is 0.575. The largest absolute Gasteiger partial charge is 0.384 e. The van der Waals surface area contributed by atoms with Crippen LogP contribution in [0.3, 0.4) is 0 Å². The summed E-state index contributed by atoms with van der Waals surface area (Å²) >= 11 is 0. The number of nitrogens with two attached hydrogens (primary N) is 1. The number of rotatable bonds is 2. The molecule has 2 fully saturated rings. The molecule has 2 unspecified atom stereocenters. The number of carbonyl (C=O) groups excluding carboxylic acids is 1. The highest BCUT2D eigenvalue weighted by Gasteiger charge is 2.37. The minimum absolute atomic E-state index is 0.0104. The number of hydrogen-bond donors (Lipinski definition) is 1. The van der Waals surface area contributed by atoms with E-state index >= 15 is 0 Å². The monoisotopic (exact) mass is 278 g/mol. The molecule has 2 aliphatic rings. The van der Waals surface area contributed by atoms with Gasteiger partial charge < -0.3 is 15.4 Å². The van der Waals surface area contributed by atoms with Gasteiger partial charge in [-0.15, -0.1) is 0 Å². The number of aromatic nitrogens is 1. The van der Waals surface area contributed by atoms with Crippen LogP contribution >= 0.6 is 0 Å². The van der Waals surface area contributed by atoms with Crippen molar-refractivity contribution in [3.63, 3.8) is 0 Å². The number of fused-ring (bicyclic) bond motifs is 2. The Morgan fingerprint density at radius 3 is 2.70 bits per heavy atom. The van der Waals surface area contributed by atoms with Gasteiger partial charge in [-0.05, 0) is 18.9 Å². The third-order valence-corrected chi connectivity index (χ3v) is 3.66. The maximum absolute atomic E-state index is 12.5. The van der Waals surface area contributed by atoms with Gasteiger partial charge in [0.15, 0.2) is 0 Å². The number of anilines is 1. The van der Waals surface area contributed by atoms with Gasteiger partial charge in [-0.1, -0.05) is 0 Å². The van der Waals surface area contributed by atoms with Crippen molar-refractivity contribution < 1.29 is 14.5 Å². The lowest BCUT2D eigenvalue weighted by Crippen LogP contribution is -2.46. The number of nitrogen functional groups attached to an aromatic ring is 1. The highest BCUT2D eigenvalue weighted by atomic mass is 16.6. The quantitative estimate of drug-likeness (QED) is 0.625. The number of carbonyl (C=O) groups is 1. The fraction of sp³-hybridized carbons (Fsp3) is 0.500. The van der Waals surface area contributed by atoms with Crippen LogP contribution < -0.4 is 5.73 Å². The van der Waals surface area contributed by atoms with Crippen LogP contribution in [0.5, 0.6) is 0 Å². The van der Waals surface area contributed by atoms with Crippen molar-refractivity contribution in [1.29, 1.82) is 0 Å². The lowest BCUT2D eigenvalue weighted by Gasteiger charge is -2.32. The third kappa shape index (κ3) is 2.18. The Morgan fingerprint density at radius 2 is 2.10 bits per heavy atom. The fourth-order valence-electron chi connectivity index (χ4n) is 2.73. The summed E-state index contributed by atoms with van der Waals surface area (Å²) < 4.78 is 5.65. The molecular weight excluding hydrogens is 264 g/mol. The SMILES string of the molecule is Nc1cc(C(=O)N2CC3CCC(C2)O3)c([N+](=O)[O-])cn1. The van der Waals surface area contributed by atoms with Crippen molar-refractivity contribution >= 4 is 17.4 Å². The highest BCUT2D eigenvalue weighted by Crippen LogP contribution is 2.29. The number of hydrogen-bond acceptors (Lipinski definition) is 6. The van der Waals surface area contributed by atoms with Crippen LogP contribution in [0.25, 0.3) is 0 Å². The Labute approximate surface area is 114 Å². The van der Waals surface area contributed by atoms with Crippen molar-refractivity contribution in [2.45, 2.75) is 25.0 Å². The van der Waals surface area contributed by atoms with E-state index in [4.69, 9.17) is 10.5 Å². The molecule has 8 heteroatoms. The number of likely N-dealkylation sites (tertiary alicyclic amines) is 1. The second kappa shape index (κ2) is 4.71. The molecule has 0 radical (unpaired) electrons. The van der Waals surface area contributed by atoms with Crippen molar-refractivity contribution in [1.82, 2.24) is 9.88 Å².